The van der Waals surface area contributed by atoms with Gasteiger partial charge in [0.15, 0.2) is 0 Å². The van der Waals surface area contributed by atoms with Crippen LogP contribution in [0, 0.1) is 0 Å². The zero-order valence-electron chi connectivity index (χ0n) is 10.3. The van der Waals surface area contributed by atoms with E-state index in [4.69, 9.17) is 5.73 Å². The Labute approximate surface area is 102 Å². The van der Waals surface area contributed by atoms with Gasteiger partial charge in [0.05, 0.1) is 17.4 Å². The van der Waals surface area contributed by atoms with E-state index >= 15 is 0 Å². The molecule has 4 heteroatoms. The highest BCUT2D eigenvalue weighted by atomic mass is 15.0. The molecule has 0 aliphatic heterocycles. The van der Waals surface area contributed by atoms with E-state index in [0.29, 0.717) is 0 Å². The number of hydrogen-bond acceptors (Lipinski definition) is 3. The highest BCUT2D eigenvalue weighted by Crippen LogP contribution is 2.13. The van der Waals surface area contributed by atoms with E-state index in [2.05, 4.69) is 28.5 Å². The average Bonchev–Trinajstić information content (AvgIpc) is 2.71. The smallest absolute Gasteiger partial charge is 0.0955 e. The molecule has 17 heavy (non-hydrogen) atoms. The fraction of sp³-hybridized carbons (Fsp3) is 0.462. The standard InChI is InChI=1S/C13H20N4/c1-17-10-16-12-9-11(3-4-13(12)17)5-8-15-7-2-6-14/h3-4,9-10,15H,2,5-8,14H2,1H3. The molecule has 92 valence electrons. The molecule has 2 aromatic rings. The summed E-state index contributed by atoms with van der Waals surface area (Å²) in [6.07, 6.45) is 3.93. The van der Waals surface area contributed by atoms with Crippen LogP contribution in [0.15, 0.2) is 24.5 Å². The molecule has 0 radical (unpaired) electrons. The Hall–Kier alpha value is -1.39. The van der Waals surface area contributed by atoms with Crippen LogP contribution in [-0.4, -0.2) is 29.2 Å². The Kier molecular flexibility index (Phi) is 4.12. The Bertz CT molecular complexity index is 475. The van der Waals surface area contributed by atoms with Gasteiger partial charge in [-0.25, -0.2) is 4.98 Å². The molecule has 0 saturated carbocycles. The Morgan fingerprint density at radius 1 is 1.35 bits per heavy atom. The van der Waals surface area contributed by atoms with E-state index in [1.54, 1.807) is 0 Å². The van der Waals surface area contributed by atoms with Crippen molar-refractivity contribution in [2.75, 3.05) is 19.6 Å². The van der Waals surface area contributed by atoms with Crippen LogP contribution in [0.25, 0.3) is 11.0 Å². The van der Waals surface area contributed by atoms with Crippen molar-refractivity contribution in [2.45, 2.75) is 12.8 Å². The highest BCUT2D eigenvalue weighted by molar-refractivity contribution is 5.75. The van der Waals surface area contributed by atoms with Gasteiger partial charge in [-0.3, -0.25) is 0 Å². The minimum atomic E-state index is 0.757. The predicted octanol–water partition coefficient (Wildman–Crippen LogP) is 1.05. The van der Waals surface area contributed by atoms with Gasteiger partial charge in [-0.2, -0.15) is 0 Å². The Morgan fingerprint density at radius 2 is 2.24 bits per heavy atom. The molecule has 0 aliphatic carbocycles. The van der Waals surface area contributed by atoms with Crippen molar-refractivity contribution in [3.63, 3.8) is 0 Å². The quantitative estimate of drug-likeness (QED) is 0.732. The maximum atomic E-state index is 5.44. The first-order valence-corrected chi connectivity index (χ1v) is 6.12. The number of nitrogens with zero attached hydrogens (tertiary/aromatic N) is 2. The third-order valence-electron chi connectivity index (χ3n) is 2.94. The molecule has 0 amide bonds. The summed E-state index contributed by atoms with van der Waals surface area (Å²) in [5.74, 6) is 0. The number of nitrogens with two attached hydrogens (primary N) is 1. The highest BCUT2D eigenvalue weighted by Gasteiger charge is 2.00. The van der Waals surface area contributed by atoms with Crippen molar-refractivity contribution < 1.29 is 0 Å². The third-order valence-corrected chi connectivity index (χ3v) is 2.94. The van der Waals surface area contributed by atoms with E-state index in [-0.39, 0.29) is 0 Å². The van der Waals surface area contributed by atoms with Crippen molar-refractivity contribution in [2.24, 2.45) is 12.8 Å². The van der Waals surface area contributed by atoms with Crippen LogP contribution in [0.4, 0.5) is 0 Å². The monoisotopic (exact) mass is 232 g/mol. The van der Waals surface area contributed by atoms with E-state index in [1.165, 1.54) is 11.1 Å². The largest absolute Gasteiger partial charge is 0.334 e. The molecule has 0 bridgehead atoms. The number of rotatable bonds is 6. The second-order valence-electron chi connectivity index (χ2n) is 4.32. The maximum absolute atomic E-state index is 5.44. The van der Waals surface area contributed by atoms with Gasteiger partial charge in [0.25, 0.3) is 0 Å². The number of nitrogens with one attached hydrogen (secondary N) is 1. The molecular weight excluding hydrogens is 212 g/mol. The second kappa shape index (κ2) is 5.80. The summed E-state index contributed by atoms with van der Waals surface area (Å²) >= 11 is 0. The van der Waals surface area contributed by atoms with Gasteiger partial charge < -0.3 is 15.6 Å². The lowest BCUT2D eigenvalue weighted by molar-refractivity contribution is 0.653. The van der Waals surface area contributed by atoms with E-state index in [9.17, 15) is 0 Å². The van der Waals surface area contributed by atoms with Crippen LogP contribution in [0.1, 0.15) is 12.0 Å². The topological polar surface area (TPSA) is 55.9 Å². The van der Waals surface area contributed by atoms with Crippen molar-refractivity contribution >= 4 is 11.0 Å². The van der Waals surface area contributed by atoms with E-state index < -0.39 is 0 Å². The van der Waals surface area contributed by atoms with E-state index in [0.717, 1.165) is 38.0 Å². The third kappa shape index (κ3) is 3.05. The van der Waals surface area contributed by atoms with Gasteiger partial charge in [0.2, 0.25) is 0 Å². The fourth-order valence-corrected chi connectivity index (χ4v) is 1.92. The average molecular weight is 232 g/mol. The first-order chi connectivity index (χ1) is 8.31. The summed E-state index contributed by atoms with van der Waals surface area (Å²) < 4.78 is 2.04. The van der Waals surface area contributed by atoms with Crippen LogP contribution >= 0.6 is 0 Å². The molecule has 0 saturated heterocycles. The number of imidazole rings is 1. The first kappa shape index (κ1) is 12.1. The molecule has 2 rings (SSSR count). The lowest BCUT2D eigenvalue weighted by Crippen LogP contribution is -2.20. The number of benzene rings is 1. The first-order valence-electron chi connectivity index (χ1n) is 6.12. The lowest BCUT2D eigenvalue weighted by atomic mass is 10.1. The Morgan fingerprint density at radius 3 is 3.06 bits per heavy atom. The summed E-state index contributed by atoms with van der Waals surface area (Å²) in [6, 6.07) is 6.48. The molecule has 0 spiro atoms. The fourth-order valence-electron chi connectivity index (χ4n) is 1.92. The molecular formula is C13H20N4. The minimum Gasteiger partial charge on any atom is -0.334 e. The summed E-state index contributed by atoms with van der Waals surface area (Å²) in [6.45, 7) is 2.76. The van der Waals surface area contributed by atoms with Crippen molar-refractivity contribution in [1.82, 2.24) is 14.9 Å². The SMILES string of the molecule is Cn1cnc2cc(CCNCCCN)ccc21. The van der Waals surface area contributed by atoms with Gasteiger partial charge in [0.1, 0.15) is 0 Å². The van der Waals surface area contributed by atoms with Crippen LogP contribution in [0.2, 0.25) is 0 Å². The molecule has 1 heterocycles. The summed E-state index contributed by atoms with van der Waals surface area (Å²) in [5, 5.41) is 3.38. The van der Waals surface area contributed by atoms with Crippen LogP contribution in [-0.2, 0) is 13.5 Å². The molecule has 0 aliphatic rings. The van der Waals surface area contributed by atoms with Gasteiger partial charge in [0, 0.05) is 7.05 Å². The molecule has 0 atom stereocenters. The van der Waals surface area contributed by atoms with Crippen molar-refractivity contribution in [3.8, 4) is 0 Å². The maximum Gasteiger partial charge on any atom is 0.0955 e. The molecule has 0 fully saturated rings. The number of aryl methyl sites for hydroxylation is 1. The zero-order chi connectivity index (χ0) is 12.1. The molecule has 0 unspecified atom stereocenters. The normalized spacial score (nSPS) is 11.2. The molecule has 1 aromatic carbocycles. The van der Waals surface area contributed by atoms with Crippen molar-refractivity contribution in [3.05, 3.63) is 30.1 Å². The van der Waals surface area contributed by atoms with E-state index in [1.807, 2.05) is 17.9 Å². The molecule has 4 nitrogen and oxygen atoms in total. The summed E-state index contributed by atoms with van der Waals surface area (Å²) in [4.78, 5) is 4.36. The number of fused-ring (bicyclic) bond motifs is 1. The molecule has 3 N–H and O–H groups in total. The van der Waals surface area contributed by atoms with Gasteiger partial charge in [-0.15, -0.1) is 0 Å². The van der Waals surface area contributed by atoms with Crippen LogP contribution in [0.3, 0.4) is 0 Å². The van der Waals surface area contributed by atoms with Gasteiger partial charge in [-0.1, -0.05) is 6.07 Å². The number of hydrogen-bond donors (Lipinski definition) is 2. The van der Waals surface area contributed by atoms with Gasteiger partial charge >= 0.3 is 0 Å². The summed E-state index contributed by atoms with van der Waals surface area (Å²) in [5.41, 5.74) is 9.03. The predicted molar refractivity (Wildman–Crippen MR) is 71.0 cm³/mol. The number of aromatic nitrogens is 2. The van der Waals surface area contributed by atoms with Crippen LogP contribution < -0.4 is 11.1 Å². The minimum absolute atomic E-state index is 0.757. The Balaban J connectivity index is 1.91. The van der Waals surface area contributed by atoms with Crippen molar-refractivity contribution in [1.29, 1.82) is 0 Å². The second-order valence-corrected chi connectivity index (χ2v) is 4.32. The molecule has 1 aromatic heterocycles. The lowest BCUT2D eigenvalue weighted by Gasteiger charge is -2.04. The van der Waals surface area contributed by atoms with Crippen LogP contribution in [0.5, 0.6) is 0 Å². The van der Waals surface area contributed by atoms with Gasteiger partial charge in [-0.05, 0) is 50.2 Å². The zero-order valence-corrected chi connectivity index (χ0v) is 10.3. The summed E-state index contributed by atoms with van der Waals surface area (Å²) in [7, 11) is 2.02.